The summed E-state index contributed by atoms with van der Waals surface area (Å²) in [6, 6.07) is 16.3. The Morgan fingerprint density at radius 2 is 1.41 bits per heavy atom. The van der Waals surface area contributed by atoms with E-state index < -0.39 is 0 Å². The van der Waals surface area contributed by atoms with E-state index in [-0.39, 0.29) is 5.91 Å². The zero-order valence-electron chi connectivity index (χ0n) is 19.6. The summed E-state index contributed by atoms with van der Waals surface area (Å²) in [6.45, 7) is 7.77. The molecule has 0 aliphatic heterocycles. The molecule has 34 heavy (non-hydrogen) atoms. The first-order chi connectivity index (χ1) is 16.5. The average Bonchev–Trinajstić information content (AvgIpc) is 2.84. The Kier molecular flexibility index (Phi) is 8.54. The van der Waals surface area contributed by atoms with Gasteiger partial charge in [0.2, 0.25) is 0 Å². The van der Waals surface area contributed by atoms with Crippen molar-refractivity contribution in [3.05, 3.63) is 95.2 Å². The van der Waals surface area contributed by atoms with Crippen molar-refractivity contribution in [2.45, 2.75) is 27.7 Å². The number of hydrogen-bond donors (Lipinski definition) is 3. The lowest BCUT2D eigenvalue weighted by Crippen LogP contribution is -2.13. The van der Waals surface area contributed by atoms with Crippen molar-refractivity contribution in [3.63, 3.8) is 0 Å². The molecule has 3 N–H and O–H groups in total. The zero-order chi connectivity index (χ0) is 24.5. The van der Waals surface area contributed by atoms with Crippen LogP contribution in [0.3, 0.4) is 0 Å². The topological polar surface area (TPSA) is 91.8 Å². The number of carbonyl (C=O) groups is 1. The van der Waals surface area contributed by atoms with Crippen molar-refractivity contribution in [3.8, 4) is 0 Å². The van der Waals surface area contributed by atoms with Gasteiger partial charge in [0.1, 0.15) is 5.82 Å². The number of aromatic nitrogens is 3. The summed E-state index contributed by atoms with van der Waals surface area (Å²) in [7, 11) is 0. The smallest absolute Gasteiger partial charge is 0.256 e. The van der Waals surface area contributed by atoms with Crippen LogP contribution in [0.15, 0.2) is 73.2 Å². The minimum Gasteiger partial charge on any atom is -0.355 e. The van der Waals surface area contributed by atoms with Gasteiger partial charge in [-0.2, -0.15) is 0 Å². The molecule has 4 rings (SSSR count). The van der Waals surface area contributed by atoms with Crippen LogP contribution in [0.1, 0.15) is 35.6 Å². The van der Waals surface area contributed by atoms with Crippen molar-refractivity contribution < 1.29 is 4.79 Å². The van der Waals surface area contributed by atoms with Gasteiger partial charge in [0.15, 0.2) is 0 Å². The maximum absolute atomic E-state index is 12.7. The molecule has 0 saturated carbocycles. The van der Waals surface area contributed by atoms with Gasteiger partial charge in [0.05, 0.1) is 16.4 Å². The highest BCUT2D eigenvalue weighted by Gasteiger charge is 2.09. The van der Waals surface area contributed by atoms with Crippen LogP contribution in [0.4, 0.5) is 28.6 Å². The minimum absolute atomic E-state index is 0.251. The number of anilines is 5. The van der Waals surface area contributed by atoms with Crippen LogP contribution in [0.2, 0.25) is 5.02 Å². The van der Waals surface area contributed by atoms with E-state index in [4.69, 9.17) is 11.6 Å². The largest absolute Gasteiger partial charge is 0.355 e. The molecule has 174 valence electrons. The summed E-state index contributed by atoms with van der Waals surface area (Å²) in [6.07, 6.45) is 5.07. The second-order valence-corrected chi connectivity index (χ2v) is 7.53. The van der Waals surface area contributed by atoms with Gasteiger partial charge in [-0.05, 0) is 62.4 Å². The highest BCUT2D eigenvalue weighted by Crippen LogP contribution is 2.27. The van der Waals surface area contributed by atoms with Crippen LogP contribution in [0, 0.1) is 13.8 Å². The summed E-state index contributed by atoms with van der Waals surface area (Å²) < 4.78 is 0. The van der Waals surface area contributed by atoms with Crippen LogP contribution >= 0.6 is 11.6 Å². The third-order valence-electron chi connectivity index (χ3n) is 4.68. The third-order valence-corrected chi connectivity index (χ3v) is 5.15. The summed E-state index contributed by atoms with van der Waals surface area (Å²) in [5, 5.41) is 9.91. The molecule has 0 aliphatic rings. The van der Waals surface area contributed by atoms with Crippen molar-refractivity contribution >= 4 is 46.1 Å². The Morgan fingerprint density at radius 3 is 2.12 bits per heavy atom. The van der Waals surface area contributed by atoms with E-state index >= 15 is 0 Å². The first-order valence-corrected chi connectivity index (χ1v) is 11.3. The lowest BCUT2D eigenvalue weighted by molar-refractivity contribution is 0.102. The maximum Gasteiger partial charge on any atom is 0.256 e. The van der Waals surface area contributed by atoms with Crippen molar-refractivity contribution in [2.75, 3.05) is 16.0 Å². The molecule has 0 atom stereocenters. The number of pyridine rings is 3. The molecule has 0 radical (unpaired) electrons. The van der Waals surface area contributed by atoms with Gasteiger partial charge in [-0.15, -0.1) is 0 Å². The predicted molar refractivity (Wildman–Crippen MR) is 140 cm³/mol. The first-order valence-electron chi connectivity index (χ1n) is 10.9. The van der Waals surface area contributed by atoms with E-state index in [2.05, 4.69) is 30.9 Å². The summed E-state index contributed by atoms with van der Waals surface area (Å²) in [5.74, 6) is 0.200. The van der Waals surface area contributed by atoms with E-state index in [0.29, 0.717) is 16.4 Å². The molecular weight excluding hydrogens is 448 g/mol. The number of carbonyl (C=O) groups excluding carboxylic acids is 1. The van der Waals surface area contributed by atoms with Crippen molar-refractivity contribution in [1.82, 2.24) is 15.0 Å². The van der Waals surface area contributed by atoms with E-state index in [0.717, 1.165) is 34.1 Å². The number of nitrogens with zero attached hydrogens (tertiary/aromatic N) is 3. The number of aryl methyl sites for hydroxylation is 2. The quantitative estimate of drug-likeness (QED) is 0.281. The molecule has 4 aromatic rings. The van der Waals surface area contributed by atoms with Gasteiger partial charge < -0.3 is 16.0 Å². The van der Waals surface area contributed by atoms with Crippen LogP contribution in [0.5, 0.6) is 0 Å². The zero-order valence-corrected chi connectivity index (χ0v) is 20.3. The SMILES string of the molecule is CC.Cc1cc(Nc2ccnc(NC(=O)c3ccc(Nc4ccnc(C)c4Cl)cc3)c2)ccn1. The Bertz CT molecular complexity index is 1260. The summed E-state index contributed by atoms with van der Waals surface area (Å²) in [5.41, 5.74) is 5.46. The monoisotopic (exact) mass is 474 g/mol. The van der Waals surface area contributed by atoms with Crippen LogP contribution in [-0.4, -0.2) is 20.9 Å². The van der Waals surface area contributed by atoms with Crippen LogP contribution in [0.25, 0.3) is 0 Å². The fourth-order valence-corrected chi connectivity index (χ4v) is 3.22. The Labute approximate surface area is 204 Å². The predicted octanol–water partition coefficient (Wildman–Crippen LogP) is 6.91. The van der Waals surface area contributed by atoms with Crippen LogP contribution < -0.4 is 16.0 Å². The minimum atomic E-state index is -0.251. The molecule has 3 aromatic heterocycles. The number of rotatable bonds is 6. The molecule has 0 fully saturated rings. The average molecular weight is 475 g/mol. The molecule has 1 amide bonds. The normalized spacial score (nSPS) is 10.0. The van der Waals surface area contributed by atoms with Gasteiger partial charge in [0.25, 0.3) is 5.91 Å². The van der Waals surface area contributed by atoms with Gasteiger partial charge >= 0.3 is 0 Å². The van der Waals surface area contributed by atoms with E-state index in [1.54, 1.807) is 42.9 Å². The van der Waals surface area contributed by atoms with Crippen molar-refractivity contribution in [2.24, 2.45) is 0 Å². The van der Waals surface area contributed by atoms with E-state index in [9.17, 15) is 4.79 Å². The number of amides is 1. The third kappa shape index (κ3) is 6.52. The van der Waals surface area contributed by atoms with Crippen molar-refractivity contribution in [1.29, 1.82) is 0 Å². The molecule has 3 heterocycles. The second kappa shape index (κ2) is 11.8. The highest BCUT2D eigenvalue weighted by atomic mass is 35.5. The standard InChI is InChI=1S/C24H21ClN6O.C2H6/c1-15-13-19(7-10-26-15)29-20-8-11-28-22(14-20)31-24(32)17-3-5-18(6-4-17)30-21-9-12-27-16(2)23(21)25;1-2/h3-14H,1-2H3,(H,27,30)(H2,26,28,29,31,32);1-2H3. The maximum atomic E-state index is 12.7. The molecule has 1 aromatic carbocycles. The summed E-state index contributed by atoms with van der Waals surface area (Å²) >= 11 is 6.28. The lowest BCUT2D eigenvalue weighted by Gasteiger charge is -2.11. The molecule has 0 aliphatic carbocycles. The molecule has 0 bridgehead atoms. The number of halogens is 1. The number of hydrogen-bond acceptors (Lipinski definition) is 6. The van der Waals surface area contributed by atoms with E-state index in [1.165, 1.54) is 0 Å². The first kappa shape index (κ1) is 24.7. The Hall–Kier alpha value is -3.97. The van der Waals surface area contributed by atoms with Gasteiger partial charge in [0, 0.05) is 53.0 Å². The molecule has 0 unspecified atom stereocenters. The van der Waals surface area contributed by atoms with E-state index in [1.807, 2.05) is 58.0 Å². The second-order valence-electron chi connectivity index (χ2n) is 7.16. The fraction of sp³-hybridized carbons (Fsp3) is 0.154. The molecule has 8 heteroatoms. The molecular formula is C26H27ClN6O. The lowest BCUT2D eigenvalue weighted by atomic mass is 10.2. The highest BCUT2D eigenvalue weighted by molar-refractivity contribution is 6.33. The number of benzene rings is 1. The molecule has 0 spiro atoms. The Morgan fingerprint density at radius 1 is 0.765 bits per heavy atom. The van der Waals surface area contributed by atoms with Gasteiger partial charge in [-0.3, -0.25) is 14.8 Å². The Balaban J connectivity index is 0.00000158. The number of nitrogens with one attached hydrogen (secondary N) is 3. The fourth-order valence-electron chi connectivity index (χ4n) is 3.06. The van der Waals surface area contributed by atoms with Gasteiger partial charge in [-0.25, -0.2) is 4.98 Å². The molecule has 7 nitrogen and oxygen atoms in total. The van der Waals surface area contributed by atoms with Crippen LogP contribution in [-0.2, 0) is 0 Å². The molecule has 0 saturated heterocycles. The van der Waals surface area contributed by atoms with Gasteiger partial charge in [-0.1, -0.05) is 25.4 Å². The summed E-state index contributed by atoms with van der Waals surface area (Å²) in [4.78, 5) is 25.2.